The Kier molecular flexibility index (Phi) is 4.68. The van der Waals surface area contributed by atoms with E-state index in [1.807, 2.05) is 24.3 Å². The minimum Gasteiger partial charge on any atom is -0.497 e. The van der Waals surface area contributed by atoms with Crippen molar-refractivity contribution < 1.29 is 23.8 Å². The van der Waals surface area contributed by atoms with Gasteiger partial charge < -0.3 is 18.8 Å². The summed E-state index contributed by atoms with van der Waals surface area (Å²) in [6.07, 6.45) is 1.40. The number of hydrogen-bond donors (Lipinski definition) is 1. The van der Waals surface area contributed by atoms with Gasteiger partial charge in [0.05, 0.1) is 31.0 Å². The van der Waals surface area contributed by atoms with Crippen LogP contribution in [0.1, 0.15) is 39.0 Å². The number of benzene rings is 2. The summed E-state index contributed by atoms with van der Waals surface area (Å²) in [7, 11) is 1.60. The van der Waals surface area contributed by atoms with E-state index in [0.717, 1.165) is 11.3 Å². The Balaban J connectivity index is 1.88. The minimum atomic E-state index is -0.438. The van der Waals surface area contributed by atoms with Gasteiger partial charge >= 0.3 is 0 Å². The molecule has 2 aromatic carbocycles. The first-order chi connectivity index (χ1) is 14.0. The van der Waals surface area contributed by atoms with E-state index in [9.17, 15) is 14.7 Å². The van der Waals surface area contributed by atoms with E-state index in [0.29, 0.717) is 23.0 Å². The zero-order valence-electron chi connectivity index (χ0n) is 16.0. The van der Waals surface area contributed by atoms with Crippen molar-refractivity contribution in [3.05, 3.63) is 83.3 Å². The Morgan fingerprint density at radius 1 is 1.10 bits per heavy atom. The SMILES string of the molecule is COc1ccc(Cn2c(O)c(C(=O)c3ccco3)c3cc(C(C)=O)ccc32)cc1. The molecule has 4 aromatic rings. The molecule has 0 aliphatic rings. The number of aromatic nitrogens is 1. The maximum Gasteiger partial charge on any atom is 0.234 e. The third-order valence-corrected chi connectivity index (χ3v) is 4.91. The lowest BCUT2D eigenvalue weighted by molar-refractivity contribution is 0.100. The molecule has 0 aliphatic heterocycles. The molecule has 0 bridgehead atoms. The molecule has 0 radical (unpaired) electrons. The normalized spacial score (nSPS) is 11.0. The van der Waals surface area contributed by atoms with Crippen LogP contribution in [0.15, 0.2) is 65.3 Å². The van der Waals surface area contributed by atoms with Gasteiger partial charge in [0.25, 0.3) is 0 Å². The van der Waals surface area contributed by atoms with Crippen LogP contribution in [0.25, 0.3) is 10.9 Å². The number of ether oxygens (including phenoxy) is 1. The number of ketones is 2. The number of rotatable bonds is 6. The standard InChI is InChI=1S/C23H19NO5/c1-14(25)16-7-10-19-18(12-16)21(22(26)20-4-3-11-29-20)23(27)24(19)13-15-5-8-17(28-2)9-6-15/h3-12,27H,13H2,1-2H3. The predicted molar refractivity (Wildman–Crippen MR) is 108 cm³/mol. The molecule has 2 aromatic heterocycles. The van der Waals surface area contributed by atoms with E-state index >= 15 is 0 Å². The van der Waals surface area contributed by atoms with E-state index in [-0.39, 0.29) is 23.0 Å². The summed E-state index contributed by atoms with van der Waals surface area (Å²) in [6.45, 7) is 1.81. The fourth-order valence-corrected chi connectivity index (χ4v) is 3.39. The Labute approximate surface area is 166 Å². The van der Waals surface area contributed by atoms with Gasteiger partial charge in [-0.15, -0.1) is 0 Å². The Morgan fingerprint density at radius 2 is 1.86 bits per heavy atom. The summed E-state index contributed by atoms with van der Waals surface area (Å²) in [4.78, 5) is 24.9. The van der Waals surface area contributed by atoms with E-state index < -0.39 is 5.78 Å². The molecule has 6 nitrogen and oxygen atoms in total. The highest BCUT2D eigenvalue weighted by Gasteiger charge is 2.25. The van der Waals surface area contributed by atoms with Crippen LogP contribution in [-0.4, -0.2) is 28.3 Å². The molecule has 146 valence electrons. The third-order valence-electron chi connectivity index (χ3n) is 4.91. The number of fused-ring (bicyclic) bond motifs is 1. The lowest BCUT2D eigenvalue weighted by atomic mass is 10.0. The van der Waals surface area contributed by atoms with Gasteiger partial charge in [0.1, 0.15) is 5.75 Å². The lowest BCUT2D eigenvalue weighted by Gasteiger charge is -2.08. The number of methoxy groups -OCH3 is 1. The van der Waals surface area contributed by atoms with Crippen molar-refractivity contribution in [2.24, 2.45) is 0 Å². The lowest BCUT2D eigenvalue weighted by Crippen LogP contribution is -2.02. The van der Waals surface area contributed by atoms with Gasteiger partial charge in [-0.25, -0.2) is 0 Å². The summed E-state index contributed by atoms with van der Waals surface area (Å²) in [5, 5.41) is 11.5. The summed E-state index contributed by atoms with van der Waals surface area (Å²) in [6, 6.07) is 15.7. The van der Waals surface area contributed by atoms with Gasteiger partial charge in [-0.05, 0) is 55.0 Å². The second-order valence-corrected chi connectivity index (χ2v) is 6.73. The number of nitrogens with zero attached hydrogens (tertiary/aromatic N) is 1. The van der Waals surface area contributed by atoms with Gasteiger partial charge in [-0.3, -0.25) is 9.59 Å². The molecule has 0 saturated carbocycles. The Morgan fingerprint density at radius 3 is 2.48 bits per heavy atom. The molecule has 1 N–H and O–H groups in total. The molecule has 0 amide bonds. The molecular formula is C23H19NO5. The van der Waals surface area contributed by atoms with Crippen LogP contribution in [0.4, 0.5) is 0 Å². The summed E-state index contributed by atoms with van der Waals surface area (Å²) < 4.78 is 12.1. The first-order valence-electron chi connectivity index (χ1n) is 9.07. The fraction of sp³-hybridized carbons (Fsp3) is 0.130. The van der Waals surface area contributed by atoms with Crippen LogP contribution in [0, 0.1) is 0 Å². The molecule has 29 heavy (non-hydrogen) atoms. The topological polar surface area (TPSA) is 81.7 Å². The van der Waals surface area contributed by atoms with E-state index in [4.69, 9.17) is 9.15 Å². The molecule has 0 atom stereocenters. The van der Waals surface area contributed by atoms with Crippen molar-refractivity contribution in [2.75, 3.05) is 7.11 Å². The third kappa shape index (κ3) is 3.29. The van der Waals surface area contributed by atoms with Crippen LogP contribution in [-0.2, 0) is 6.54 Å². The van der Waals surface area contributed by atoms with Crippen molar-refractivity contribution in [3.8, 4) is 11.6 Å². The first-order valence-corrected chi connectivity index (χ1v) is 9.07. The molecule has 4 rings (SSSR count). The zero-order chi connectivity index (χ0) is 20.5. The smallest absolute Gasteiger partial charge is 0.234 e. The van der Waals surface area contributed by atoms with Gasteiger partial charge in [-0.1, -0.05) is 12.1 Å². The van der Waals surface area contributed by atoms with Crippen LogP contribution in [0.3, 0.4) is 0 Å². The highest BCUT2D eigenvalue weighted by Crippen LogP contribution is 2.35. The molecule has 0 spiro atoms. The van der Waals surface area contributed by atoms with Crippen LogP contribution in [0.2, 0.25) is 0 Å². The zero-order valence-corrected chi connectivity index (χ0v) is 16.0. The van der Waals surface area contributed by atoms with Gasteiger partial charge in [0, 0.05) is 10.9 Å². The number of carbonyl (C=O) groups is 2. The summed E-state index contributed by atoms with van der Waals surface area (Å²) >= 11 is 0. The van der Waals surface area contributed by atoms with E-state index in [1.54, 1.807) is 42.0 Å². The fourth-order valence-electron chi connectivity index (χ4n) is 3.39. The Hall–Kier alpha value is -3.80. The van der Waals surface area contributed by atoms with Crippen LogP contribution >= 0.6 is 0 Å². The van der Waals surface area contributed by atoms with Gasteiger partial charge in [0.2, 0.25) is 11.7 Å². The van der Waals surface area contributed by atoms with Crippen molar-refractivity contribution in [1.82, 2.24) is 4.57 Å². The van der Waals surface area contributed by atoms with Crippen molar-refractivity contribution in [2.45, 2.75) is 13.5 Å². The highest BCUT2D eigenvalue weighted by atomic mass is 16.5. The van der Waals surface area contributed by atoms with Gasteiger partial charge in [-0.2, -0.15) is 0 Å². The van der Waals surface area contributed by atoms with Crippen molar-refractivity contribution >= 4 is 22.5 Å². The molecule has 0 saturated heterocycles. The second-order valence-electron chi connectivity index (χ2n) is 6.73. The number of Topliss-reactive ketones (excluding diaryl/α,β-unsaturated/α-hetero) is 1. The predicted octanol–water partition coefficient (Wildman–Crippen LogP) is 4.43. The Bertz CT molecular complexity index is 1200. The van der Waals surface area contributed by atoms with Crippen molar-refractivity contribution in [3.63, 3.8) is 0 Å². The van der Waals surface area contributed by atoms with E-state index in [2.05, 4.69) is 0 Å². The quantitative estimate of drug-likeness (QED) is 0.493. The van der Waals surface area contributed by atoms with Crippen molar-refractivity contribution in [1.29, 1.82) is 0 Å². The molecular weight excluding hydrogens is 370 g/mol. The second kappa shape index (κ2) is 7.31. The number of furan rings is 1. The van der Waals surface area contributed by atoms with Crippen LogP contribution < -0.4 is 4.74 Å². The molecule has 0 aliphatic carbocycles. The molecule has 6 heteroatoms. The molecule has 0 fully saturated rings. The average Bonchev–Trinajstić information content (AvgIpc) is 3.35. The monoisotopic (exact) mass is 389 g/mol. The summed E-state index contributed by atoms with van der Waals surface area (Å²) in [5.41, 5.74) is 2.16. The average molecular weight is 389 g/mol. The van der Waals surface area contributed by atoms with Crippen LogP contribution in [0.5, 0.6) is 11.6 Å². The summed E-state index contributed by atoms with van der Waals surface area (Å²) in [5.74, 6) is 0.127. The van der Waals surface area contributed by atoms with Gasteiger partial charge in [0.15, 0.2) is 11.5 Å². The molecule has 2 heterocycles. The maximum atomic E-state index is 13.0. The number of hydrogen-bond acceptors (Lipinski definition) is 5. The largest absolute Gasteiger partial charge is 0.497 e. The first kappa shape index (κ1) is 18.6. The number of aromatic hydroxyl groups is 1. The maximum absolute atomic E-state index is 13.0. The minimum absolute atomic E-state index is 0.117. The highest BCUT2D eigenvalue weighted by molar-refractivity contribution is 6.18. The molecule has 0 unspecified atom stereocenters. The van der Waals surface area contributed by atoms with E-state index in [1.165, 1.54) is 13.2 Å². The number of carbonyl (C=O) groups excluding carboxylic acids is 2.